The highest BCUT2D eigenvalue weighted by Gasteiger charge is 2.65. The van der Waals surface area contributed by atoms with Gasteiger partial charge in [0, 0.05) is 50.1 Å². The molecule has 2 N–H and O–H groups in total. The number of nitrogens with zero attached hydrogens (tertiary/aromatic N) is 3. The third kappa shape index (κ3) is 13.4. The number of benzene rings is 3. The number of oxime groups is 1. The van der Waals surface area contributed by atoms with E-state index in [4.69, 9.17) is 24.2 Å². The summed E-state index contributed by atoms with van der Waals surface area (Å²) in [7, 11) is 0. The third-order valence-corrected chi connectivity index (χ3v) is 13.8. The maximum absolute atomic E-state index is 14.9. The van der Waals surface area contributed by atoms with E-state index in [9.17, 15) is 25.1 Å². The summed E-state index contributed by atoms with van der Waals surface area (Å²) in [6.07, 6.45) is 20.5. The first-order valence-corrected chi connectivity index (χ1v) is 25.2. The first-order chi connectivity index (χ1) is 32.8. The normalized spacial score (nSPS) is 22.2. The molecular formula is C55H75N3O9. The van der Waals surface area contributed by atoms with Crippen LogP contribution >= 0.6 is 0 Å². The first-order valence-electron chi connectivity index (χ1n) is 25.2. The van der Waals surface area contributed by atoms with Crippen molar-refractivity contribution in [3.63, 3.8) is 0 Å². The van der Waals surface area contributed by atoms with Crippen LogP contribution in [0.5, 0.6) is 17.2 Å². The number of hydrogen-bond acceptors (Lipinski definition) is 10. The predicted octanol–water partition coefficient (Wildman–Crippen LogP) is 12.4. The van der Waals surface area contributed by atoms with Crippen LogP contribution in [0.1, 0.15) is 146 Å². The second kappa shape index (κ2) is 26.5. The van der Waals surface area contributed by atoms with Crippen LogP contribution in [-0.2, 0) is 21.0 Å². The Morgan fingerprint density at radius 2 is 1.60 bits per heavy atom. The number of fused-ring (bicyclic) bond motifs is 2. The molecule has 12 nitrogen and oxygen atoms in total. The lowest BCUT2D eigenvalue weighted by molar-refractivity contribution is -0.384. The number of unbranched alkanes of at least 4 members (excludes halogenated alkanes) is 10. The maximum atomic E-state index is 14.9. The monoisotopic (exact) mass is 922 g/mol. The van der Waals surface area contributed by atoms with Crippen LogP contribution in [0.2, 0.25) is 0 Å². The molecule has 1 amide bonds. The Morgan fingerprint density at radius 1 is 0.881 bits per heavy atom. The van der Waals surface area contributed by atoms with Crippen molar-refractivity contribution in [2.24, 2.45) is 22.9 Å². The highest BCUT2D eigenvalue weighted by Crippen LogP contribution is 2.62. The van der Waals surface area contributed by atoms with Gasteiger partial charge in [0.15, 0.2) is 0 Å². The van der Waals surface area contributed by atoms with Crippen molar-refractivity contribution in [3.8, 4) is 17.2 Å². The maximum Gasteiger partial charge on any atom is 0.273 e. The summed E-state index contributed by atoms with van der Waals surface area (Å²) >= 11 is 0. The van der Waals surface area contributed by atoms with Crippen molar-refractivity contribution in [1.29, 1.82) is 0 Å². The van der Waals surface area contributed by atoms with E-state index >= 15 is 0 Å². The zero-order chi connectivity index (χ0) is 47.4. The standard InChI is InChI=1S/C55H75N3O9/c1-4-7-8-9-10-11-12-13-17-29-52(61)57(32-5-2)51-39-49(56-65-40-41-23-15-14-16-24-41)47-36-42(25-18-20-33-59)46(28-19-21-34-60)53-48-38-45(66-44-27-22-26-43(37-44)58(62)63)30-31-50(48)67-55(51,54(47)53)64-35-6-3/h6,14-16,22-24,26-27,30-31,36-38,42,46,51,53-54,59-60H,3-5,7-13,17-21,25,28-29,32-35,39-40H2,1-2H3/t42-,46+,51-,53+,54+,55+/m0/s1. The Balaban J connectivity index is 1.48. The number of hydrogen-bond donors (Lipinski definition) is 2. The number of nitro groups is 1. The van der Waals surface area contributed by atoms with Crippen LogP contribution in [0, 0.1) is 27.9 Å². The van der Waals surface area contributed by atoms with Crippen molar-refractivity contribution in [2.75, 3.05) is 26.4 Å². The van der Waals surface area contributed by atoms with Crippen molar-refractivity contribution in [2.45, 2.75) is 154 Å². The minimum Gasteiger partial charge on any atom is -0.459 e. The van der Waals surface area contributed by atoms with Gasteiger partial charge in [-0.3, -0.25) is 14.9 Å². The molecule has 1 heterocycles. The number of carbonyl (C=O) groups excluding carboxylic acids is 1. The molecule has 0 bridgehead atoms. The molecule has 0 radical (unpaired) electrons. The van der Waals surface area contributed by atoms with Crippen LogP contribution in [0.15, 0.2) is 102 Å². The smallest absolute Gasteiger partial charge is 0.273 e. The minimum atomic E-state index is -1.35. The van der Waals surface area contributed by atoms with Gasteiger partial charge in [-0.25, -0.2) is 0 Å². The fraction of sp³-hybridized carbons (Fsp3) is 0.564. The van der Waals surface area contributed by atoms with E-state index in [-0.39, 0.29) is 55.8 Å². The van der Waals surface area contributed by atoms with Crippen molar-refractivity contribution in [3.05, 3.63) is 118 Å². The number of non-ortho nitro benzene ring substituents is 1. The second-order valence-corrected chi connectivity index (χ2v) is 18.6. The van der Waals surface area contributed by atoms with Crippen molar-refractivity contribution < 1.29 is 39.0 Å². The molecule has 364 valence electrons. The molecule has 0 spiro atoms. The molecule has 1 saturated carbocycles. The molecule has 3 aliphatic rings. The highest BCUT2D eigenvalue weighted by atomic mass is 16.7. The van der Waals surface area contributed by atoms with E-state index in [1.165, 1.54) is 50.7 Å². The lowest BCUT2D eigenvalue weighted by atomic mass is 9.55. The lowest BCUT2D eigenvalue weighted by Gasteiger charge is -2.60. The van der Waals surface area contributed by atoms with Crippen LogP contribution in [0.4, 0.5) is 5.69 Å². The zero-order valence-electron chi connectivity index (χ0n) is 40.0. The highest BCUT2D eigenvalue weighted by molar-refractivity contribution is 6.03. The van der Waals surface area contributed by atoms with E-state index in [0.717, 1.165) is 73.8 Å². The van der Waals surface area contributed by atoms with Crippen LogP contribution < -0.4 is 9.47 Å². The quantitative estimate of drug-likeness (QED) is 0.0288. The molecule has 1 fully saturated rings. The number of aliphatic hydroxyl groups excluding tert-OH is 2. The molecule has 67 heavy (non-hydrogen) atoms. The minimum absolute atomic E-state index is 0.0314. The second-order valence-electron chi connectivity index (χ2n) is 18.6. The summed E-state index contributed by atoms with van der Waals surface area (Å²) in [6, 6.07) is 21.2. The van der Waals surface area contributed by atoms with Gasteiger partial charge in [0.1, 0.15) is 29.9 Å². The number of carbonyl (C=O) groups is 1. The van der Waals surface area contributed by atoms with E-state index < -0.39 is 22.7 Å². The number of aliphatic hydroxyl groups is 2. The molecule has 0 aromatic heterocycles. The molecule has 6 atom stereocenters. The Bertz CT molecular complexity index is 2090. The largest absolute Gasteiger partial charge is 0.459 e. The molecule has 12 heteroatoms. The van der Waals surface area contributed by atoms with Gasteiger partial charge >= 0.3 is 0 Å². The van der Waals surface area contributed by atoms with E-state index in [0.29, 0.717) is 49.5 Å². The molecule has 1 aliphatic heterocycles. The average molecular weight is 922 g/mol. The molecule has 0 saturated heterocycles. The van der Waals surface area contributed by atoms with Gasteiger partial charge in [0.05, 0.1) is 29.2 Å². The number of allylic oxidation sites excluding steroid dienone is 1. The summed E-state index contributed by atoms with van der Waals surface area (Å²) in [5.41, 5.74) is 3.54. The van der Waals surface area contributed by atoms with Crippen molar-refractivity contribution in [1.82, 2.24) is 4.90 Å². The molecule has 3 aromatic carbocycles. The number of rotatable bonds is 30. The Labute approximate surface area is 398 Å². The Morgan fingerprint density at radius 3 is 2.30 bits per heavy atom. The topological polar surface area (TPSA) is 153 Å². The van der Waals surface area contributed by atoms with Crippen LogP contribution in [-0.4, -0.2) is 69.8 Å². The van der Waals surface area contributed by atoms with E-state index in [2.05, 4.69) is 26.5 Å². The summed E-state index contributed by atoms with van der Waals surface area (Å²) < 4.78 is 21.0. The summed E-state index contributed by atoms with van der Waals surface area (Å²) in [5, 5.41) is 36.7. The first kappa shape index (κ1) is 51.4. The number of ether oxygens (including phenoxy) is 3. The fourth-order valence-electron chi connectivity index (χ4n) is 10.7. The SMILES string of the molecule is C=CCO[C@@]12Oc3ccc(Oc4cccc([N+](=O)[O-])c4)cc3[C@H]3[C@H](CCCCO)[C@@H](CCCCO)C=C(C(=NOCc4ccccc4)C[C@@H]1N(CCC)C(=O)CCCCCCCCCCC)[C@H]32. The Kier molecular flexibility index (Phi) is 20.3. The van der Waals surface area contributed by atoms with Crippen LogP contribution in [0.25, 0.3) is 0 Å². The van der Waals surface area contributed by atoms with Gasteiger partial charge in [-0.05, 0) is 85.8 Å². The molecular weight excluding hydrogens is 847 g/mol. The van der Waals surface area contributed by atoms with E-state index in [1.807, 2.05) is 53.4 Å². The van der Waals surface area contributed by atoms with Crippen molar-refractivity contribution >= 4 is 17.3 Å². The molecule has 2 aliphatic carbocycles. The fourth-order valence-corrected chi connectivity index (χ4v) is 10.7. The zero-order valence-corrected chi connectivity index (χ0v) is 40.0. The van der Waals surface area contributed by atoms with Gasteiger partial charge in [0.2, 0.25) is 11.7 Å². The third-order valence-electron chi connectivity index (χ3n) is 13.8. The van der Waals surface area contributed by atoms with Gasteiger partial charge in [-0.15, -0.1) is 6.58 Å². The Hall–Kier alpha value is -5.04. The number of nitro benzene ring substituents is 1. The lowest BCUT2D eigenvalue weighted by Crippen LogP contribution is -2.70. The summed E-state index contributed by atoms with van der Waals surface area (Å²) in [6.45, 7) is 9.53. The number of amides is 1. The van der Waals surface area contributed by atoms with Gasteiger partial charge in [0.25, 0.3) is 5.69 Å². The molecule has 6 rings (SSSR count). The predicted molar refractivity (Wildman–Crippen MR) is 263 cm³/mol. The molecule has 3 aromatic rings. The van der Waals surface area contributed by atoms with Gasteiger partial charge in [-0.2, -0.15) is 0 Å². The molecule has 0 unspecified atom stereocenters. The van der Waals surface area contributed by atoms with Gasteiger partial charge < -0.3 is 34.2 Å². The average Bonchev–Trinajstić information content (AvgIpc) is 3.34. The van der Waals surface area contributed by atoms with Gasteiger partial charge in [-0.1, -0.05) is 132 Å². The summed E-state index contributed by atoms with van der Waals surface area (Å²) in [5.74, 6) is -0.440. The summed E-state index contributed by atoms with van der Waals surface area (Å²) in [4.78, 5) is 34.4. The van der Waals surface area contributed by atoms with Crippen LogP contribution in [0.3, 0.4) is 0 Å². The van der Waals surface area contributed by atoms with E-state index in [1.54, 1.807) is 18.2 Å².